The lowest BCUT2D eigenvalue weighted by Crippen LogP contribution is -2.10. The Labute approximate surface area is 107 Å². The molecule has 0 saturated carbocycles. The van der Waals surface area contributed by atoms with Crippen molar-refractivity contribution in [1.29, 1.82) is 0 Å². The average molecular weight is 255 g/mol. The molecule has 0 aliphatic heterocycles. The van der Waals surface area contributed by atoms with Gasteiger partial charge in [-0.2, -0.15) is 15.0 Å². The Kier molecular flexibility index (Phi) is 6.78. The predicted molar refractivity (Wildman–Crippen MR) is 69.5 cm³/mol. The van der Waals surface area contributed by atoms with Crippen LogP contribution in [0.5, 0.6) is 6.01 Å². The van der Waals surface area contributed by atoms with Gasteiger partial charge in [0.1, 0.15) is 0 Å². The minimum atomic E-state index is 0.149. The van der Waals surface area contributed by atoms with Crippen molar-refractivity contribution < 1.29 is 9.84 Å². The molecular weight excluding hydrogens is 234 g/mol. The first-order valence-electron chi connectivity index (χ1n) is 6.25. The molecule has 1 heterocycles. The smallest absolute Gasteiger partial charge is 0.323 e. The van der Waals surface area contributed by atoms with Crippen LogP contribution in [0.1, 0.15) is 32.6 Å². The lowest BCUT2D eigenvalue weighted by atomic mass is 10.2. The van der Waals surface area contributed by atoms with Gasteiger partial charge < -0.3 is 20.9 Å². The summed E-state index contributed by atoms with van der Waals surface area (Å²) in [4.78, 5) is 11.9. The standard InChI is InChI=1S/C11H21N5O2/c1-2-18-11-15-9(12)14-10(16-11)13-7-5-3-4-6-8-17/h17H,2-8H2,1H3,(H3,12,13,14,15,16). The molecule has 1 aromatic rings. The molecule has 0 bridgehead atoms. The zero-order valence-corrected chi connectivity index (χ0v) is 10.7. The Morgan fingerprint density at radius 1 is 1.17 bits per heavy atom. The first-order chi connectivity index (χ1) is 8.76. The lowest BCUT2D eigenvalue weighted by Gasteiger charge is -2.07. The van der Waals surface area contributed by atoms with Gasteiger partial charge in [-0.05, 0) is 19.8 Å². The largest absolute Gasteiger partial charge is 0.464 e. The highest BCUT2D eigenvalue weighted by Crippen LogP contribution is 2.09. The van der Waals surface area contributed by atoms with Crippen LogP contribution in [0.4, 0.5) is 11.9 Å². The maximum atomic E-state index is 8.64. The zero-order valence-electron chi connectivity index (χ0n) is 10.7. The van der Waals surface area contributed by atoms with Gasteiger partial charge in [0, 0.05) is 13.2 Å². The van der Waals surface area contributed by atoms with E-state index >= 15 is 0 Å². The number of aromatic nitrogens is 3. The molecule has 0 radical (unpaired) electrons. The van der Waals surface area contributed by atoms with Crippen molar-refractivity contribution >= 4 is 11.9 Å². The summed E-state index contributed by atoms with van der Waals surface area (Å²) < 4.78 is 5.18. The molecule has 0 unspecified atom stereocenters. The Morgan fingerprint density at radius 3 is 2.67 bits per heavy atom. The molecule has 1 rings (SSSR count). The minimum Gasteiger partial charge on any atom is -0.464 e. The Bertz CT molecular complexity index is 348. The van der Waals surface area contributed by atoms with Crippen molar-refractivity contribution in [1.82, 2.24) is 15.0 Å². The van der Waals surface area contributed by atoms with Crippen LogP contribution in [0.3, 0.4) is 0 Å². The molecule has 4 N–H and O–H groups in total. The van der Waals surface area contributed by atoms with Crippen molar-refractivity contribution in [3.63, 3.8) is 0 Å². The molecule has 0 aliphatic rings. The maximum absolute atomic E-state index is 8.64. The van der Waals surface area contributed by atoms with Crippen molar-refractivity contribution in [3.8, 4) is 6.01 Å². The van der Waals surface area contributed by atoms with Gasteiger partial charge in [0.15, 0.2) is 0 Å². The first kappa shape index (κ1) is 14.4. The van der Waals surface area contributed by atoms with E-state index in [4.69, 9.17) is 15.6 Å². The number of ether oxygens (including phenoxy) is 1. The molecular formula is C11H21N5O2. The number of hydrogen-bond donors (Lipinski definition) is 3. The molecule has 0 aromatic carbocycles. The van der Waals surface area contributed by atoms with Gasteiger partial charge in [-0.3, -0.25) is 0 Å². The highest BCUT2D eigenvalue weighted by molar-refractivity contribution is 5.32. The molecule has 1 aromatic heterocycles. The predicted octanol–water partition coefficient (Wildman–Crippen LogP) is 0.817. The van der Waals surface area contributed by atoms with Crippen LogP contribution < -0.4 is 15.8 Å². The van der Waals surface area contributed by atoms with Gasteiger partial charge >= 0.3 is 6.01 Å². The highest BCUT2D eigenvalue weighted by atomic mass is 16.5. The topological polar surface area (TPSA) is 106 Å². The maximum Gasteiger partial charge on any atom is 0.323 e. The number of nitrogens with one attached hydrogen (secondary N) is 1. The summed E-state index contributed by atoms with van der Waals surface area (Å²) in [5.41, 5.74) is 5.55. The van der Waals surface area contributed by atoms with E-state index < -0.39 is 0 Å². The monoisotopic (exact) mass is 255 g/mol. The number of anilines is 2. The second kappa shape index (κ2) is 8.46. The summed E-state index contributed by atoms with van der Waals surface area (Å²) in [5.74, 6) is 0.587. The summed E-state index contributed by atoms with van der Waals surface area (Å²) in [5, 5.41) is 11.7. The van der Waals surface area contributed by atoms with Gasteiger partial charge in [0.2, 0.25) is 11.9 Å². The highest BCUT2D eigenvalue weighted by Gasteiger charge is 2.04. The zero-order chi connectivity index (χ0) is 13.2. The van der Waals surface area contributed by atoms with Gasteiger partial charge in [-0.15, -0.1) is 0 Å². The molecule has 7 heteroatoms. The summed E-state index contributed by atoms with van der Waals surface area (Å²) in [6.07, 6.45) is 3.94. The van der Waals surface area contributed by atoms with Crippen LogP contribution in [0.15, 0.2) is 0 Å². The summed E-state index contributed by atoms with van der Waals surface area (Å²) >= 11 is 0. The van der Waals surface area contributed by atoms with E-state index in [1.54, 1.807) is 0 Å². The average Bonchev–Trinajstić information content (AvgIpc) is 2.33. The van der Waals surface area contributed by atoms with E-state index in [0.717, 1.165) is 32.2 Å². The molecule has 102 valence electrons. The lowest BCUT2D eigenvalue weighted by molar-refractivity contribution is 0.283. The Morgan fingerprint density at radius 2 is 1.94 bits per heavy atom. The van der Waals surface area contributed by atoms with Crippen LogP contribution in [0.25, 0.3) is 0 Å². The van der Waals surface area contributed by atoms with Crippen LogP contribution in [-0.2, 0) is 0 Å². The van der Waals surface area contributed by atoms with Gasteiger partial charge in [0.05, 0.1) is 6.61 Å². The van der Waals surface area contributed by atoms with Crippen LogP contribution in [0, 0.1) is 0 Å². The minimum absolute atomic E-state index is 0.149. The second-order valence-electron chi connectivity index (χ2n) is 3.80. The third kappa shape index (κ3) is 5.62. The van der Waals surface area contributed by atoms with Crippen molar-refractivity contribution in [2.24, 2.45) is 0 Å². The molecule has 0 fully saturated rings. The van der Waals surface area contributed by atoms with E-state index in [1.807, 2.05) is 6.92 Å². The fourth-order valence-electron chi connectivity index (χ4n) is 1.44. The van der Waals surface area contributed by atoms with Crippen molar-refractivity contribution in [3.05, 3.63) is 0 Å². The molecule has 0 saturated heterocycles. The number of unbranched alkanes of at least 4 members (excludes halogenated alkanes) is 3. The number of nitrogens with zero attached hydrogens (tertiary/aromatic N) is 3. The third-order valence-corrected chi connectivity index (χ3v) is 2.27. The Balaban J connectivity index is 2.32. The van der Waals surface area contributed by atoms with E-state index in [1.165, 1.54) is 0 Å². The number of nitrogen functional groups attached to an aromatic ring is 1. The van der Waals surface area contributed by atoms with Crippen molar-refractivity contribution in [2.75, 3.05) is 30.8 Å². The molecule has 0 atom stereocenters. The van der Waals surface area contributed by atoms with Crippen LogP contribution >= 0.6 is 0 Å². The second-order valence-corrected chi connectivity index (χ2v) is 3.80. The molecule has 0 aliphatic carbocycles. The normalized spacial score (nSPS) is 10.3. The third-order valence-electron chi connectivity index (χ3n) is 2.27. The van der Waals surface area contributed by atoms with Gasteiger partial charge in [-0.1, -0.05) is 12.8 Å². The van der Waals surface area contributed by atoms with Crippen LogP contribution in [0.2, 0.25) is 0 Å². The Hall–Kier alpha value is -1.63. The number of rotatable bonds is 9. The SMILES string of the molecule is CCOc1nc(N)nc(NCCCCCCO)n1. The van der Waals surface area contributed by atoms with Gasteiger partial charge in [-0.25, -0.2) is 0 Å². The number of hydrogen-bond acceptors (Lipinski definition) is 7. The molecule has 7 nitrogen and oxygen atoms in total. The fraction of sp³-hybridized carbons (Fsp3) is 0.727. The van der Waals surface area contributed by atoms with Crippen LogP contribution in [-0.4, -0.2) is 39.8 Å². The van der Waals surface area contributed by atoms with E-state index in [9.17, 15) is 0 Å². The van der Waals surface area contributed by atoms with Crippen molar-refractivity contribution in [2.45, 2.75) is 32.6 Å². The number of aliphatic hydroxyl groups is 1. The summed E-state index contributed by atoms with van der Waals surface area (Å²) in [6, 6.07) is 0.243. The molecule has 0 amide bonds. The summed E-state index contributed by atoms with van der Waals surface area (Å²) in [6.45, 7) is 3.37. The fourth-order valence-corrected chi connectivity index (χ4v) is 1.44. The summed E-state index contributed by atoms with van der Waals surface area (Å²) in [7, 11) is 0. The van der Waals surface area contributed by atoms with Gasteiger partial charge in [0.25, 0.3) is 0 Å². The van der Waals surface area contributed by atoms with E-state index in [2.05, 4.69) is 20.3 Å². The quantitative estimate of drug-likeness (QED) is 0.561. The number of nitrogens with two attached hydrogens (primary N) is 1. The van der Waals surface area contributed by atoms with E-state index in [0.29, 0.717) is 12.6 Å². The van der Waals surface area contributed by atoms with E-state index in [-0.39, 0.29) is 18.6 Å². The molecule has 0 spiro atoms. The molecule has 18 heavy (non-hydrogen) atoms. The number of aliphatic hydroxyl groups excluding tert-OH is 1. The first-order valence-corrected chi connectivity index (χ1v) is 6.25.